The van der Waals surface area contributed by atoms with Crippen molar-refractivity contribution >= 4 is 39.0 Å². The minimum Gasteiger partial charge on any atom is -0.368 e. The largest absolute Gasteiger partial charge is 0.368 e. The van der Waals surface area contributed by atoms with Gasteiger partial charge in [-0.3, -0.25) is 0 Å². The highest BCUT2D eigenvalue weighted by atomic mass is 79.9. The number of halogens is 2. The Labute approximate surface area is 131 Å². The fraction of sp³-hybridized carbons (Fsp3) is 0.286. The van der Waals surface area contributed by atoms with Gasteiger partial charge in [-0.2, -0.15) is 0 Å². The lowest BCUT2D eigenvalue weighted by Gasteiger charge is -2.37. The molecule has 0 saturated carbocycles. The van der Waals surface area contributed by atoms with Gasteiger partial charge in [0.2, 0.25) is 0 Å². The van der Waals surface area contributed by atoms with E-state index >= 15 is 0 Å². The van der Waals surface area contributed by atoms with Gasteiger partial charge in [0.25, 0.3) is 0 Å². The molecule has 2 aromatic rings. The third-order valence-corrected chi connectivity index (χ3v) is 4.67. The van der Waals surface area contributed by atoms with E-state index < -0.39 is 0 Å². The minimum atomic E-state index is 0.459. The lowest BCUT2D eigenvalue weighted by atomic mass is 10.2. The van der Waals surface area contributed by atoms with Crippen molar-refractivity contribution in [3.8, 4) is 0 Å². The number of hydrogen-bond acceptors (Lipinski definition) is 4. The maximum Gasteiger partial charge on any atom is 0.148 e. The van der Waals surface area contributed by atoms with Crippen molar-refractivity contribution < 1.29 is 0 Å². The summed E-state index contributed by atoms with van der Waals surface area (Å²) in [5.74, 6) is 0.873. The summed E-state index contributed by atoms with van der Waals surface area (Å²) in [4.78, 5) is 12.9. The van der Waals surface area contributed by atoms with Crippen LogP contribution in [0.4, 0.5) is 11.5 Å². The van der Waals surface area contributed by atoms with Crippen LogP contribution in [0, 0.1) is 0 Å². The first-order valence-electron chi connectivity index (χ1n) is 6.46. The van der Waals surface area contributed by atoms with Crippen molar-refractivity contribution in [3.05, 3.63) is 46.3 Å². The van der Waals surface area contributed by atoms with Crippen LogP contribution in [0.15, 0.2) is 41.1 Å². The predicted molar refractivity (Wildman–Crippen MR) is 85.6 cm³/mol. The zero-order valence-electron chi connectivity index (χ0n) is 10.8. The van der Waals surface area contributed by atoms with E-state index in [9.17, 15) is 0 Å². The molecule has 1 aliphatic rings. The van der Waals surface area contributed by atoms with Gasteiger partial charge in [0.15, 0.2) is 0 Å². The molecule has 1 aliphatic heterocycles. The molecule has 0 unspecified atom stereocenters. The summed E-state index contributed by atoms with van der Waals surface area (Å²) in [5.41, 5.74) is 1.27. The molecule has 20 heavy (non-hydrogen) atoms. The molecule has 3 rings (SSSR count). The number of aromatic nitrogens is 2. The Morgan fingerprint density at radius 2 is 1.60 bits per heavy atom. The molecule has 1 fully saturated rings. The van der Waals surface area contributed by atoms with E-state index in [4.69, 9.17) is 11.6 Å². The topological polar surface area (TPSA) is 32.3 Å². The van der Waals surface area contributed by atoms with E-state index in [1.54, 1.807) is 0 Å². The zero-order valence-corrected chi connectivity index (χ0v) is 13.2. The van der Waals surface area contributed by atoms with Gasteiger partial charge < -0.3 is 9.80 Å². The van der Waals surface area contributed by atoms with Crippen LogP contribution in [0.2, 0.25) is 5.15 Å². The van der Waals surface area contributed by atoms with Gasteiger partial charge in [0, 0.05) is 31.9 Å². The molecule has 4 nitrogen and oxygen atoms in total. The summed E-state index contributed by atoms with van der Waals surface area (Å²) < 4.78 is 0.773. The molecule has 0 amide bonds. The monoisotopic (exact) mass is 352 g/mol. The molecule has 0 atom stereocenters. The third kappa shape index (κ3) is 2.74. The first-order chi connectivity index (χ1) is 9.75. The van der Waals surface area contributed by atoms with Gasteiger partial charge in [0.1, 0.15) is 17.3 Å². The van der Waals surface area contributed by atoms with Gasteiger partial charge in [-0.15, -0.1) is 0 Å². The smallest absolute Gasteiger partial charge is 0.148 e. The molecule has 6 heteroatoms. The second-order valence-corrected chi connectivity index (χ2v) is 5.76. The molecule has 0 aliphatic carbocycles. The molecule has 104 valence electrons. The van der Waals surface area contributed by atoms with Crippen molar-refractivity contribution in [1.29, 1.82) is 0 Å². The maximum absolute atomic E-state index is 6.02. The van der Waals surface area contributed by atoms with Crippen LogP contribution < -0.4 is 9.80 Å². The van der Waals surface area contributed by atoms with Crippen LogP contribution in [0.1, 0.15) is 0 Å². The number of benzene rings is 1. The average molecular weight is 354 g/mol. The van der Waals surface area contributed by atoms with E-state index in [0.717, 1.165) is 36.5 Å². The lowest BCUT2D eigenvalue weighted by Crippen LogP contribution is -2.47. The van der Waals surface area contributed by atoms with E-state index in [0.29, 0.717) is 5.15 Å². The summed E-state index contributed by atoms with van der Waals surface area (Å²) >= 11 is 9.49. The Morgan fingerprint density at radius 3 is 2.30 bits per heavy atom. The van der Waals surface area contributed by atoms with Crippen molar-refractivity contribution in [1.82, 2.24) is 9.97 Å². The van der Waals surface area contributed by atoms with Crippen LogP contribution >= 0.6 is 27.5 Å². The van der Waals surface area contributed by atoms with E-state index in [-0.39, 0.29) is 0 Å². The van der Waals surface area contributed by atoms with Gasteiger partial charge in [0.05, 0.1) is 4.47 Å². The molecule has 1 aromatic heterocycles. The van der Waals surface area contributed by atoms with Crippen LogP contribution in [-0.2, 0) is 0 Å². The average Bonchev–Trinajstić information content (AvgIpc) is 2.51. The Hall–Kier alpha value is -1.33. The lowest BCUT2D eigenvalue weighted by molar-refractivity contribution is 0.645. The molecule has 0 bridgehead atoms. The SMILES string of the molecule is Clc1ncnc(N2CCN(c3ccccc3)CC2)c1Br. The summed E-state index contributed by atoms with van der Waals surface area (Å²) in [7, 11) is 0. The number of para-hydroxylation sites is 1. The van der Waals surface area contributed by atoms with Gasteiger partial charge in [-0.25, -0.2) is 9.97 Å². The first kappa shape index (κ1) is 13.6. The highest BCUT2D eigenvalue weighted by Crippen LogP contribution is 2.30. The molecule has 0 radical (unpaired) electrons. The molecule has 0 N–H and O–H groups in total. The van der Waals surface area contributed by atoms with Crippen LogP contribution in [0.25, 0.3) is 0 Å². The fourth-order valence-corrected chi connectivity index (χ4v) is 2.96. The Kier molecular flexibility index (Phi) is 4.08. The Morgan fingerprint density at radius 1 is 0.950 bits per heavy atom. The summed E-state index contributed by atoms with van der Waals surface area (Å²) in [6.45, 7) is 3.78. The van der Waals surface area contributed by atoms with Crippen molar-refractivity contribution in [2.24, 2.45) is 0 Å². The summed E-state index contributed by atoms with van der Waals surface area (Å²) in [6.07, 6.45) is 1.51. The second-order valence-electron chi connectivity index (χ2n) is 4.61. The second kappa shape index (κ2) is 5.97. The molecule has 0 spiro atoms. The first-order valence-corrected chi connectivity index (χ1v) is 7.64. The molecular weight excluding hydrogens is 340 g/mol. The third-order valence-electron chi connectivity index (χ3n) is 3.43. The van der Waals surface area contributed by atoms with E-state index in [2.05, 4.69) is 60.0 Å². The van der Waals surface area contributed by atoms with Crippen LogP contribution in [0.3, 0.4) is 0 Å². The van der Waals surface area contributed by atoms with Crippen LogP contribution in [-0.4, -0.2) is 36.1 Å². The van der Waals surface area contributed by atoms with E-state index in [1.165, 1.54) is 12.0 Å². The summed E-state index contributed by atoms with van der Waals surface area (Å²) in [6, 6.07) is 10.5. The number of piperazine rings is 1. The summed E-state index contributed by atoms with van der Waals surface area (Å²) in [5, 5.41) is 0.459. The number of nitrogens with zero attached hydrogens (tertiary/aromatic N) is 4. The van der Waals surface area contributed by atoms with Crippen molar-refractivity contribution in [2.75, 3.05) is 36.0 Å². The highest BCUT2D eigenvalue weighted by molar-refractivity contribution is 9.10. The normalized spacial score (nSPS) is 15.5. The zero-order chi connectivity index (χ0) is 13.9. The number of anilines is 2. The molecule has 1 saturated heterocycles. The minimum absolute atomic E-state index is 0.459. The molecular formula is C14H14BrClN4. The van der Waals surface area contributed by atoms with Gasteiger partial charge >= 0.3 is 0 Å². The maximum atomic E-state index is 6.02. The molecule has 1 aromatic carbocycles. The van der Waals surface area contributed by atoms with Crippen molar-refractivity contribution in [3.63, 3.8) is 0 Å². The fourth-order valence-electron chi connectivity index (χ4n) is 2.38. The van der Waals surface area contributed by atoms with Gasteiger partial charge in [-0.05, 0) is 28.1 Å². The number of rotatable bonds is 2. The standard InChI is InChI=1S/C14H14BrClN4/c15-12-13(16)17-10-18-14(12)20-8-6-19(7-9-20)11-4-2-1-3-5-11/h1-5,10H,6-9H2. The Balaban J connectivity index is 1.71. The Bertz CT molecular complexity index is 585. The highest BCUT2D eigenvalue weighted by Gasteiger charge is 2.21. The van der Waals surface area contributed by atoms with E-state index in [1.807, 2.05) is 6.07 Å². The van der Waals surface area contributed by atoms with Crippen molar-refractivity contribution in [2.45, 2.75) is 0 Å². The quantitative estimate of drug-likeness (QED) is 0.776. The number of hydrogen-bond donors (Lipinski definition) is 0. The molecule has 2 heterocycles. The predicted octanol–water partition coefficient (Wildman–Crippen LogP) is 3.22. The van der Waals surface area contributed by atoms with Gasteiger partial charge in [-0.1, -0.05) is 29.8 Å². The van der Waals surface area contributed by atoms with Crippen LogP contribution in [0.5, 0.6) is 0 Å².